The average Bonchev–Trinajstić information content (AvgIpc) is 3.01. The molecule has 1 aromatic carbocycles. The Hall–Kier alpha value is -1.88. The number of fused-ring (bicyclic) bond motifs is 1. The minimum absolute atomic E-state index is 0.0801. The van der Waals surface area contributed by atoms with Crippen LogP contribution in [-0.4, -0.2) is 40.1 Å². The lowest BCUT2D eigenvalue weighted by Crippen LogP contribution is -2.49. The van der Waals surface area contributed by atoms with Gasteiger partial charge in [0.15, 0.2) is 0 Å². The van der Waals surface area contributed by atoms with Crippen molar-refractivity contribution in [3.8, 4) is 0 Å². The number of nitrogens with one attached hydrogen (secondary N) is 1. The number of carbonyl (C=O) groups excluding carboxylic acids is 1. The number of H-pyrrole nitrogens is 1. The van der Waals surface area contributed by atoms with Crippen molar-refractivity contribution in [3.05, 3.63) is 30.0 Å². The maximum atomic E-state index is 12.8. The van der Waals surface area contributed by atoms with Crippen molar-refractivity contribution in [1.82, 2.24) is 15.1 Å². The number of hydrogen-bond donors (Lipinski definition) is 2. The Morgan fingerprint density at radius 1 is 1.52 bits per heavy atom. The molecule has 2 aromatic rings. The highest BCUT2D eigenvalue weighted by atomic mass is 16.2. The van der Waals surface area contributed by atoms with Crippen molar-refractivity contribution in [3.63, 3.8) is 0 Å². The number of aromatic nitrogens is 2. The second-order valence-corrected chi connectivity index (χ2v) is 5.86. The zero-order valence-electron chi connectivity index (χ0n) is 12.4. The Morgan fingerprint density at radius 3 is 3.14 bits per heavy atom. The Bertz CT molecular complexity index is 636. The van der Waals surface area contributed by atoms with Gasteiger partial charge in [0.25, 0.3) is 5.91 Å². The van der Waals surface area contributed by atoms with E-state index < -0.39 is 0 Å². The van der Waals surface area contributed by atoms with Crippen LogP contribution in [0.5, 0.6) is 0 Å². The fraction of sp³-hybridized carbons (Fsp3) is 0.500. The van der Waals surface area contributed by atoms with Crippen LogP contribution in [0.2, 0.25) is 0 Å². The number of carbonyl (C=O) groups is 1. The van der Waals surface area contributed by atoms with Gasteiger partial charge in [-0.2, -0.15) is 5.10 Å². The fourth-order valence-electron chi connectivity index (χ4n) is 3.23. The first-order chi connectivity index (χ1) is 10.2. The molecule has 2 heterocycles. The predicted octanol–water partition coefficient (Wildman–Crippen LogP) is 2.15. The van der Waals surface area contributed by atoms with Gasteiger partial charge in [0.2, 0.25) is 0 Å². The van der Waals surface area contributed by atoms with Crippen molar-refractivity contribution in [2.24, 2.45) is 11.7 Å². The van der Waals surface area contributed by atoms with E-state index in [1.54, 1.807) is 6.20 Å². The number of nitrogens with zero attached hydrogens (tertiary/aromatic N) is 2. The van der Waals surface area contributed by atoms with E-state index in [4.69, 9.17) is 5.73 Å². The number of likely N-dealkylation sites (tertiary alicyclic amines) is 1. The third-order valence-electron chi connectivity index (χ3n) is 4.62. The first-order valence-corrected chi connectivity index (χ1v) is 7.67. The van der Waals surface area contributed by atoms with Crippen molar-refractivity contribution < 1.29 is 4.79 Å². The molecule has 0 radical (unpaired) electrons. The zero-order chi connectivity index (χ0) is 14.8. The quantitative estimate of drug-likeness (QED) is 0.908. The average molecular weight is 286 g/mol. The molecule has 0 saturated carbocycles. The third kappa shape index (κ3) is 2.65. The van der Waals surface area contributed by atoms with Crippen molar-refractivity contribution in [2.45, 2.75) is 32.2 Å². The summed E-state index contributed by atoms with van der Waals surface area (Å²) in [5.74, 6) is 0.772. The molecule has 0 aliphatic carbocycles. The number of aromatic amines is 1. The highest BCUT2D eigenvalue weighted by molar-refractivity contribution is 5.98. The van der Waals surface area contributed by atoms with E-state index in [2.05, 4.69) is 17.1 Å². The molecule has 1 aromatic heterocycles. The summed E-state index contributed by atoms with van der Waals surface area (Å²) in [4.78, 5) is 14.7. The summed E-state index contributed by atoms with van der Waals surface area (Å²) in [7, 11) is 0. The normalized spacial score (nSPS) is 22.7. The largest absolute Gasteiger partial charge is 0.334 e. The van der Waals surface area contributed by atoms with Gasteiger partial charge < -0.3 is 10.6 Å². The fourth-order valence-corrected chi connectivity index (χ4v) is 3.23. The van der Waals surface area contributed by atoms with Crippen LogP contribution in [-0.2, 0) is 0 Å². The van der Waals surface area contributed by atoms with E-state index in [0.717, 1.165) is 30.3 Å². The minimum Gasteiger partial charge on any atom is -0.334 e. The van der Waals surface area contributed by atoms with E-state index in [0.29, 0.717) is 18.0 Å². The van der Waals surface area contributed by atoms with E-state index >= 15 is 0 Å². The van der Waals surface area contributed by atoms with E-state index in [1.165, 1.54) is 6.42 Å². The van der Waals surface area contributed by atoms with Crippen LogP contribution in [0, 0.1) is 5.92 Å². The van der Waals surface area contributed by atoms with Gasteiger partial charge in [-0.15, -0.1) is 0 Å². The molecule has 1 amide bonds. The van der Waals surface area contributed by atoms with E-state index in [9.17, 15) is 4.79 Å². The van der Waals surface area contributed by atoms with Crippen molar-refractivity contribution in [2.75, 3.05) is 13.1 Å². The Morgan fingerprint density at radius 2 is 2.38 bits per heavy atom. The molecule has 2 atom stereocenters. The maximum Gasteiger partial charge on any atom is 0.254 e. The summed E-state index contributed by atoms with van der Waals surface area (Å²) in [6.45, 7) is 3.55. The molecular weight excluding hydrogens is 264 g/mol. The van der Waals surface area contributed by atoms with E-state index in [-0.39, 0.29) is 11.9 Å². The predicted molar refractivity (Wildman–Crippen MR) is 83.0 cm³/mol. The number of nitrogens with two attached hydrogens (primary N) is 1. The molecular formula is C16H22N4O. The highest BCUT2D eigenvalue weighted by Gasteiger charge is 2.30. The third-order valence-corrected chi connectivity index (χ3v) is 4.62. The van der Waals surface area contributed by atoms with Gasteiger partial charge >= 0.3 is 0 Å². The number of piperidine rings is 1. The Labute approximate surface area is 124 Å². The second-order valence-electron chi connectivity index (χ2n) is 5.86. The van der Waals surface area contributed by atoms with Gasteiger partial charge in [0.05, 0.1) is 11.7 Å². The van der Waals surface area contributed by atoms with Gasteiger partial charge in [-0.25, -0.2) is 0 Å². The monoisotopic (exact) mass is 286 g/mol. The van der Waals surface area contributed by atoms with Gasteiger partial charge in [0.1, 0.15) is 0 Å². The van der Waals surface area contributed by atoms with Gasteiger partial charge in [-0.1, -0.05) is 19.4 Å². The number of hydrogen-bond acceptors (Lipinski definition) is 3. The van der Waals surface area contributed by atoms with Crippen molar-refractivity contribution in [1.29, 1.82) is 0 Å². The van der Waals surface area contributed by atoms with Gasteiger partial charge in [0, 0.05) is 30.1 Å². The van der Waals surface area contributed by atoms with Crippen LogP contribution in [0.3, 0.4) is 0 Å². The molecule has 0 spiro atoms. The minimum atomic E-state index is 0.0801. The van der Waals surface area contributed by atoms with Crippen LogP contribution in [0.25, 0.3) is 10.9 Å². The van der Waals surface area contributed by atoms with Crippen LogP contribution < -0.4 is 5.73 Å². The molecule has 0 bridgehead atoms. The Balaban J connectivity index is 1.83. The first-order valence-electron chi connectivity index (χ1n) is 7.67. The summed E-state index contributed by atoms with van der Waals surface area (Å²) < 4.78 is 0. The lowest BCUT2D eigenvalue weighted by atomic mass is 9.88. The number of benzene rings is 1. The molecule has 3 rings (SSSR count). The van der Waals surface area contributed by atoms with Crippen LogP contribution in [0.1, 0.15) is 36.5 Å². The standard InChI is InChI=1S/C16H22N4O/c1-2-11-5-6-20(14(7-11)9-17)16(21)12-3-4-13-10-18-19-15(13)8-12/h3-4,8,10-11,14H,2,5-7,9,17H2,1H3,(H,18,19). The van der Waals surface area contributed by atoms with Crippen molar-refractivity contribution >= 4 is 16.8 Å². The molecule has 112 valence electrons. The van der Waals surface area contributed by atoms with Crippen LogP contribution >= 0.6 is 0 Å². The van der Waals surface area contributed by atoms with E-state index in [1.807, 2.05) is 23.1 Å². The van der Waals surface area contributed by atoms with Crippen LogP contribution in [0.15, 0.2) is 24.4 Å². The molecule has 5 heteroatoms. The summed E-state index contributed by atoms with van der Waals surface area (Å²) >= 11 is 0. The Kier molecular flexibility index (Phi) is 3.92. The molecule has 1 fully saturated rings. The topological polar surface area (TPSA) is 75.0 Å². The lowest BCUT2D eigenvalue weighted by Gasteiger charge is -2.39. The number of rotatable bonds is 3. The molecule has 2 unspecified atom stereocenters. The van der Waals surface area contributed by atoms with Gasteiger partial charge in [-0.05, 0) is 30.9 Å². The summed E-state index contributed by atoms with van der Waals surface area (Å²) in [5.41, 5.74) is 7.50. The van der Waals surface area contributed by atoms with Crippen LogP contribution in [0.4, 0.5) is 0 Å². The maximum absolute atomic E-state index is 12.8. The molecule has 5 nitrogen and oxygen atoms in total. The summed E-state index contributed by atoms with van der Waals surface area (Å²) in [6, 6.07) is 5.85. The summed E-state index contributed by atoms with van der Waals surface area (Å²) in [5, 5.41) is 7.93. The molecule has 21 heavy (non-hydrogen) atoms. The lowest BCUT2D eigenvalue weighted by molar-refractivity contribution is 0.0558. The molecule has 3 N–H and O–H groups in total. The molecule has 1 aliphatic rings. The second kappa shape index (κ2) is 5.85. The SMILES string of the molecule is CCC1CCN(C(=O)c2ccc3cn[nH]c3c2)C(CN)C1. The van der Waals surface area contributed by atoms with Gasteiger partial charge in [-0.3, -0.25) is 9.89 Å². The first kappa shape index (κ1) is 14.1. The highest BCUT2D eigenvalue weighted by Crippen LogP contribution is 2.26. The number of amides is 1. The smallest absolute Gasteiger partial charge is 0.254 e. The molecule has 1 saturated heterocycles. The molecule has 1 aliphatic heterocycles. The zero-order valence-corrected chi connectivity index (χ0v) is 12.4. The summed E-state index contributed by atoms with van der Waals surface area (Å²) in [6.07, 6.45) is 5.02.